The third-order valence-corrected chi connectivity index (χ3v) is 7.50. The molecule has 35 heavy (non-hydrogen) atoms. The minimum atomic E-state index is -3.94. The van der Waals surface area contributed by atoms with Crippen LogP contribution in [0.15, 0.2) is 90.1 Å². The zero-order valence-electron chi connectivity index (χ0n) is 20.0. The van der Waals surface area contributed by atoms with E-state index < -0.39 is 15.9 Å². The fourth-order valence-corrected chi connectivity index (χ4v) is 5.16. The van der Waals surface area contributed by atoms with Crippen LogP contribution in [0.3, 0.4) is 0 Å². The Morgan fingerprint density at radius 2 is 1.66 bits per heavy atom. The summed E-state index contributed by atoms with van der Waals surface area (Å²) < 4.78 is 30.1. The van der Waals surface area contributed by atoms with Gasteiger partial charge in [-0.15, -0.1) is 0 Å². The second-order valence-corrected chi connectivity index (χ2v) is 10.3. The van der Waals surface area contributed by atoms with Gasteiger partial charge in [-0.2, -0.15) is 0 Å². The van der Waals surface area contributed by atoms with Crippen molar-refractivity contribution < 1.29 is 13.2 Å². The van der Waals surface area contributed by atoms with Crippen LogP contribution in [0.2, 0.25) is 0 Å². The van der Waals surface area contributed by atoms with E-state index in [1.807, 2.05) is 61.9 Å². The normalized spacial score (nSPS) is 11.3. The van der Waals surface area contributed by atoms with Crippen molar-refractivity contribution >= 4 is 21.6 Å². The Kier molecular flexibility index (Phi) is 7.02. The smallest absolute Gasteiger partial charge is 0.264 e. The number of hydrogen-bond acceptors (Lipinski definition) is 4. The SMILES string of the molecule is Cc1ccc(S(=O)(=O)N(CC(=O)NCc2ccc(-n3ccnc3C)cc2)c2cccc(C)c2)cc1. The van der Waals surface area contributed by atoms with Crippen molar-refractivity contribution in [3.63, 3.8) is 0 Å². The molecule has 4 rings (SSSR count). The Labute approximate surface area is 206 Å². The average molecular weight is 489 g/mol. The molecule has 0 aliphatic carbocycles. The van der Waals surface area contributed by atoms with Gasteiger partial charge in [0.05, 0.1) is 10.6 Å². The molecule has 0 radical (unpaired) electrons. The molecule has 180 valence electrons. The third-order valence-electron chi connectivity index (χ3n) is 5.72. The summed E-state index contributed by atoms with van der Waals surface area (Å²) in [7, 11) is -3.94. The summed E-state index contributed by atoms with van der Waals surface area (Å²) in [5.74, 6) is 0.494. The molecule has 0 atom stereocenters. The lowest BCUT2D eigenvalue weighted by Gasteiger charge is -2.24. The molecule has 0 saturated heterocycles. The summed E-state index contributed by atoms with van der Waals surface area (Å²) in [5, 5.41) is 2.85. The highest BCUT2D eigenvalue weighted by molar-refractivity contribution is 7.92. The number of aryl methyl sites for hydroxylation is 3. The maximum atomic E-state index is 13.5. The fourth-order valence-electron chi connectivity index (χ4n) is 3.75. The number of nitrogens with one attached hydrogen (secondary N) is 1. The van der Waals surface area contributed by atoms with E-state index in [2.05, 4.69) is 10.3 Å². The molecule has 0 fully saturated rings. The van der Waals surface area contributed by atoms with Crippen LogP contribution in [0.4, 0.5) is 5.69 Å². The van der Waals surface area contributed by atoms with Crippen LogP contribution in [-0.4, -0.2) is 30.4 Å². The zero-order chi connectivity index (χ0) is 25.0. The number of rotatable bonds is 8. The fraction of sp³-hybridized carbons (Fsp3) is 0.185. The lowest BCUT2D eigenvalue weighted by Crippen LogP contribution is -2.40. The number of imidazole rings is 1. The number of amides is 1. The van der Waals surface area contributed by atoms with Crippen LogP contribution in [0.1, 0.15) is 22.5 Å². The number of carbonyl (C=O) groups is 1. The summed E-state index contributed by atoms with van der Waals surface area (Å²) in [5.41, 5.74) is 4.19. The van der Waals surface area contributed by atoms with E-state index in [0.29, 0.717) is 5.69 Å². The number of sulfonamides is 1. The highest BCUT2D eigenvalue weighted by Crippen LogP contribution is 2.24. The highest BCUT2D eigenvalue weighted by atomic mass is 32.2. The maximum Gasteiger partial charge on any atom is 0.264 e. The van der Waals surface area contributed by atoms with Gasteiger partial charge in [0.25, 0.3) is 10.0 Å². The predicted molar refractivity (Wildman–Crippen MR) is 137 cm³/mol. The van der Waals surface area contributed by atoms with Crippen molar-refractivity contribution in [3.8, 4) is 5.69 Å². The molecular weight excluding hydrogens is 460 g/mol. The number of benzene rings is 3. The lowest BCUT2D eigenvalue weighted by atomic mass is 10.2. The van der Waals surface area contributed by atoms with Crippen LogP contribution in [0, 0.1) is 20.8 Å². The highest BCUT2D eigenvalue weighted by Gasteiger charge is 2.27. The monoisotopic (exact) mass is 488 g/mol. The Morgan fingerprint density at radius 1 is 0.943 bits per heavy atom. The molecule has 0 bridgehead atoms. The van der Waals surface area contributed by atoms with E-state index in [0.717, 1.165) is 32.5 Å². The van der Waals surface area contributed by atoms with Gasteiger partial charge in [0.1, 0.15) is 12.4 Å². The van der Waals surface area contributed by atoms with E-state index in [4.69, 9.17) is 0 Å². The molecule has 3 aromatic carbocycles. The van der Waals surface area contributed by atoms with E-state index in [1.165, 1.54) is 0 Å². The molecule has 7 nitrogen and oxygen atoms in total. The summed E-state index contributed by atoms with van der Waals surface area (Å²) >= 11 is 0. The third kappa shape index (κ3) is 5.60. The van der Waals surface area contributed by atoms with Gasteiger partial charge >= 0.3 is 0 Å². The Hall–Kier alpha value is -3.91. The summed E-state index contributed by atoms with van der Waals surface area (Å²) in [6.07, 6.45) is 3.63. The first-order valence-electron chi connectivity index (χ1n) is 11.3. The van der Waals surface area contributed by atoms with Crippen molar-refractivity contribution in [1.82, 2.24) is 14.9 Å². The number of hydrogen-bond donors (Lipinski definition) is 1. The van der Waals surface area contributed by atoms with Gasteiger partial charge in [-0.1, -0.05) is 42.0 Å². The van der Waals surface area contributed by atoms with E-state index in [1.54, 1.807) is 48.7 Å². The van der Waals surface area contributed by atoms with Crippen LogP contribution >= 0.6 is 0 Å². The van der Waals surface area contributed by atoms with E-state index in [-0.39, 0.29) is 18.0 Å². The van der Waals surface area contributed by atoms with Crippen molar-refractivity contribution in [2.75, 3.05) is 10.8 Å². The Balaban J connectivity index is 1.50. The molecule has 0 aliphatic rings. The van der Waals surface area contributed by atoms with Crippen molar-refractivity contribution in [1.29, 1.82) is 0 Å². The molecule has 1 N–H and O–H groups in total. The number of anilines is 1. The summed E-state index contributed by atoms with van der Waals surface area (Å²) in [6, 6.07) is 21.5. The molecule has 0 aliphatic heterocycles. The molecule has 1 aromatic heterocycles. The van der Waals surface area contributed by atoms with Crippen LogP contribution in [0.5, 0.6) is 0 Å². The van der Waals surface area contributed by atoms with Crippen LogP contribution < -0.4 is 9.62 Å². The quantitative estimate of drug-likeness (QED) is 0.401. The summed E-state index contributed by atoms with van der Waals surface area (Å²) in [6.45, 7) is 5.67. The number of aromatic nitrogens is 2. The maximum absolute atomic E-state index is 13.5. The van der Waals surface area contributed by atoms with Gasteiger partial charge in [0.2, 0.25) is 5.91 Å². The van der Waals surface area contributed by atoms with Gasteiger partial charge in [-0.25, -0.2) is 13.4 Å². The first-order valence-corrected chi connectivity index (χ1v) is 12.7. The van der Waals surface area contributed by atoms with Gasteiger partial charge in [-0.3, -0.25) is 9.10 Å². The van der Waals surface area contributed by atoms with Crippen molar-refractivity contribution in [3.05, 3.63) is 108 Å². The largest absolute Gasteiger partial charge is 0.350 e. The first-order chi connectivity index (χ1) is 16.7. The standard InChI is InChI=1S/C27H28N4O3S/c1-20-7-13-26(14-8-20)35(33,34)31(25-6-4-5-21(2)17-25)19-27(32)29-18-23-9-11-24(12-10-23)30-16-15-28-22(30)3/h4-17H,18-19H2,1-3H3,(H,29,32). The number of carbonyl (C=O) groups excluding carboxylic acids is 1. The number of nitrogens with zero attached hydrogens (tertiary/aromatic N) is 3. The van der Waals surface area contributed by atoms with Gasteiger partial charge in [-0.05, 0) is 68.3 Å². The lowest BCUT2D eigenvalue weighted by molar-refractivity contribution is -0.119. The topological polar surface area (TPSA) is 84.3 Å². The van der Waals surface area contributed by atoms with Crippen molar-refractivity contribution in [2.45, 2.75) is 32.2 Å². The molecule has 8 heteroatoms. The first kappa shape index (κ1) is 24.2. The molecule has 1 amide bonds. The van der Waals surface area contributed by atoms with Gasteiger partial charge in [0, 0.05) is 24.6 Å². The zero-order valence-corrected chi connectivity index (χ0v) is 20.8. The minimum Gasteiger partial charge on any atom is -0.350 e. The van der Waals surface area contributed by atoms with E-state index in [9.17, 15) is 13.2 Å². The Morgan fingerprint density at radius 3 is 2.29 bits per heavy atom. The summed E-state index contributed by atoms with van der Waals surface area (Å²) in [4.78, 5) is 17.3. The Bertz CT molecular complexity index is 1430. The molecule has 4 aromatic rings. The minimum absolute atomic E-state index is 0.141. The average Bonchev–Trinajstić information content (AvgIpc) is 3.27. The molecule has 0 saturated carbocycles. The van der Waals surface area contributed by atoms with Gasteiger partial charge < -0.3 is 9.88 Å². The second kappa shape index (κ2) is 10.1. The molecule has 0 spiro atoms. The van der Waals surface area contributed by atoms with Crippen LogP contribution in [-0.2, 0) is 21.4 Å². The molecular formula is C27H28N4O3S. The van der Waals surface area contributed by atoms with E-state index >= 15 is 0 Å². The van der Waals surface area contributed by atoms with Gasteiger partial charge in [0.15, 0.2) is 0 Å². The van der Waals surface area contributed by atoms with Crippen LogP contribution in [0.25, 0.3) is 5.69 Å². The predicted octanol–water partition coefficient (Wildman–Crippen LogP) is 4.31. The second-order valence-electron chi connectivity index (χ2n) is 8.45. The molecule has 1 heterocycles. The van der Waals surface area contributed by atoms with Crippen molar-refractivity contribution in [2.24, 2.45) is 0 Å². The molecule has 0 unspecified atom stereocenters.